The van der Waals surface area contributed by atoms with Crippen LogP contribution in [0.2, 0.25) is 0 Å². The summed E-state index contributed by atoms with van der Waals surface area (Å²) in [5.41, 5.74) is 0.910. The molecule has 0 atom stereocenters. The van der Waals surface area contributed by atoms with E-state index < -0.39 is 21.3 Å². The van der Waals surface area contributed by atoms with E-state index in [0.29, 0.717) is 4.31 Å². The van der Waals surface area contributed by atoms with Crippen molar-refractivity contribution < 1.29 is 18.0 Å². The third-order valence-corrected chi connectivity index (χ3v) is 5.05. The van der Waals surface area contributed by atoms with E-state index in [9.17, 15) is 18.0 Å². The molecule has 0 heterocycles. The van der Waals surface area contributed by atoms with Crippen molar-refractivity contribution in [1.29, 1.82) is 0 Å². The average molecular weight is 316 g/mol. The SMILES string of the molecule is CSC(=O)N(C)C(=O)N(C)S(=O)(=O)c1ccc(C)cc1. The van der Waals surface area contributed by atoms with Gasteiger partial charge in [0.1, 0.15) is 0 Å². The maximum absolute atomic E-state index is 12.3. The molecule has 0 N–H and O–H groups in total. The number of hydrogen-bond donors (Lipinski definition) is 0. The van der Waals surface area contributed by atoms with E-state index in [0.717, 1.165) is 29.3 Å². The molecule has 0 aliphatic carbocycles. The number of aryl methyl sites for hydroxylation is 1. The molecule has 0 spiro atoms. The summed E-state index contributed by atoms with van der Waals surface area (Å²) in [5, 5.41) is -0.527. The summed E-state index contributed by atoms with van der Waals surface area (Å²) in [6.07, 6.45) is 1.51. The Labute approximate surface area is 122 Å². The molecule has 0 aliphatic rings. The average Bonchev–Trinajstić information content (AvgIpc) is 2.44. The van der Waals surface area contributed by atoms with Crippen LogP contribution in [-0.4, -0.2) is 49.2 Å². The van der Waals surface area contributed by atoms with Crippen LogP contribution < -0.4 is 0 Å². The minimum atomic E-state index is -3.96. The molecule has 8 heteroatoms. The summed E-state index contributed by atoms with van der Waals surface area (Å²) in [7, 11) is -1.60. The number of imide groups is 1. The van der Waals surface area contributed by atoms with Crippen molar-refractivity contribution >= 4 is 33.1 Å². The van der Waals surface area contributed by atoms with Crippen LogP contribution in [0.4, 0.5) is 9.59 Å². The van der Waals surface area contributed by atoms with Gasteiger partial charge in [0, 0.05) is 14.1 Å². The molecule has 0 fully saturated rings. The van der Waals surface area contributed by atoms with Gasteiger partial charge in [-0.05, 0) is 25.3 Å². The van der Waals surface area contributed by atoms with Crippen LogP contribution in [0.5, 0.6) is 0 Å². The van der Waals surface area contributed by atoms with Crippen LogP contribution in [0.15, 0.2) is 29.2 Å². The van der Waals surface area contributed by atoms with E-state index >= 15 is 0 Å². The van der Waals surface area contributed by atoms with Gasteiger partial charge in [0.25, 0.3) is 15.3 Å². The maximum atomic E-state index is 12.3. The number of carbonyl (C=O) groups excluding carboxylic acids is 2. The smallest absolute Gasteiger partial charge is 0.261 e. The minimum Gasteiger partial charge on any atom is -0.261 e. The first-order valence-corrected chi connectivity index (χ1v) is 8.29. The van der Waals surface area contributed by atoms with E-state index in [1.165, 1.54) is 25.4 Å². The molecular formula is C12H16N2O4S2. The normalized spacial score (nSPS) is 11.0. The predicted octanol–water partition coefficient (Wildman–Crippen LogP) is 2.15. The lowest BCUT2D eigenvalue weighted by Gasteiger charge is -2.22. The number of carbonyl (C=O) groups is 2. The second-order valence-corrected chi connectivity index (χ2v) is 6.82. The molecule has 3 amide bonds. The van der Waals surface area contributed by atoms with E-state index in [1.807, 2.05) is 6.92 Å². The highest BCUT2D eigenvalue weighted by atomic mass is 32.2. The fourth-order valence-corrected chi connectivity index (χ4v) is 2.87. The summed E-state index contributed by atoms with van der Waals surface area (Å²) in [6.45, 7) is 1.83. The van der Waals surface area contributed by atoms with Gasteiger partial charge in [-0.1, -0.05) is 29.5 Å². The molecule has 0 aliphatic heterocycles. The van der Waals surface area contributed by atoms with E-state index in [-0.39, 0.29) is 4.90 Å². The topological polar surface area (TPSA) is 74.8 Å². The Balaban J connectivity index is 3.06. The lowest BCUT2D eigenvalue weighted by Crippen LogP contribution is -2.43. The highest BCUT2D eigenvalue weighted by Crippen LogP contribution is 2.17. The van der Waals surface area contributed by atoms with Crippen LogP contribution in [0.1, 0.15) is 5.56 Å². The number of rotatable bonds is 2. The lowest BCUT2D eigenvalue weighted by atomic mass is 10.2. The minimum absolute atomic E-state index is 0.00366. The van der Waals surface area contributed by atoms with Gasteiger partial charge in [-0.3, -0.25) is 9.69 Å². The summed E-state index contributed by atoms with van der Waals surface area (Å²) in [5.74, 6) is 0. The second-order valence-electron chi connectivity index (χ2n) is 4.10. The first-order chi connectivity index (χ1) is 9.21. The van der Waals surface area contributed by atoms with Crippen molar-refractivity contribution in [2.24, 2.45) is 0 Å². The molecular weight excluding hydrogens is 300 g/mol. The molecule has 0 saturated carbocycles. The van der Waals surface area contributed by atoms with Crippen molar-refractivity contribution in [2.45, 2.75) is 11.8 Å². The van der Waals surface area contributed by atoms with Crippen LogP contribution in [0.3, 0.4) is 0 Å². The Morgan fingerprint density at radius 1 is 1.10 bits per heavy atom. The van der Waals surface area contributed by atoms with Gasteiger partial charge < -0.3 is 0 Å². The Kier molecular flexibility index (Phi) is 5.18. The van der Waals surface area contributed by atoms with E-state index in [1.54, 1.807) is 12.1 Å². The Morgan fingerprint density at radius 3 is 2.05 bits per heavy atom. The Bertz CT molecular complexity index is 611. The molecule has 1 aromatic rings. The zero-order chi connectivity index (χ0) is 15.5. The fourth-order valence-electron chi connectivity index (χ4n) is 1.40. The fraction of sp³-hybridized carbons (Fsp3) is 0.333. The first kappa shape index (κ1) is 16.5. The number of hydrogen-bond acceptors (Lipinski definition) is 5. The van der Waals surface area contributed by atoms with E-state index in [4.69, 9.17) is 0 Å². The highest BCUT2D eigenvalue weighted by molar-refractivity contribution is 8.13. The molecule has 20 heavy (non-hydrogen) atoms. The Morgan fingerprint density at radius 2 is 1.60 bits per heavy atom. The largest absolute Gasteiger partial charge is 0.340 e. The second kappa shape index (κ2) is 6.27. The van der Waals surface area contributed by atoms with Gasteiger partial charge >= 0.3 is 6.03 Å². The molecule has 0 unspecified atom stereocenters. The highest BCUT2D eigenvalue weighted by Gasteiger charge is 2.30. The van der Waals surface area contributed by atoms with Crippen LogP contribution >= 0.6 is 11.8 Å². The molecule has 6 nitrogen and oxygen atoms in total. The van der Waals surface area contributed by atoms with Crippen molar-refractivity contribution in [3.8, 4) is 0 Å². The molecule has 0 radical (unpaired) electrons. The van der Waals surface area contributed by atoms with Crippen molar-refractivity contribution in [3.05, 3.63) is 29.8 Å². The third-order valence-electron chi connectivity index (χ3n) is 2.68. The van der Waals surface area contributed by atoms with Crippen molar-refractivity contribution in [1.82, 2.24) is 9.21 Å². The van der Waals surface area contributed by atoms with Crippen molar-refractivity contribution in [3.63, 3.8) is 0 Å². The maximum Gasteiger partial charge on any atom is 0.340 e. The molecule has 1 aromatic carbocycles. The predicted molar refractivity (Wildman–Crippen MR) is 78.2 cm³/mol. The monoisotopic (exact) mass is 316 g/mol. The van der Waals surface area contributed by atoms with E-state index in [2.05, 4.69) is 0 Å². The molecule has 0 bridgehead atoms. The van der Waals surface area contributed by atoms with Crippen LogP contribution in [0, 0.1) is 6.92 Å². The summed E-state index contributed by atoms with van der Waals surface area (Å²) < 4.78 is 25.1. The van der Waals surface area contributed by atoms with Gasteiger partial charge in [-0.25, -0.2) is 17.5 Å². The number of amides is 3. The Hall–Kier alpha value is -1.54. The number of benzene rings is 1. The third kappa shape index (κ3) is 3.31. The van der Waals surface area contributed by atoms with Gasteiger partial charge in [0.05, 0.1) is 4.90 Å². The van der Waals surface area contributed by atoms with Crippen LogP contribution in [0.25, 0.3) is 0 Å². The number of thioether (sulfide) groups is 1. The van der Waals surface area contributed by atoms with Gasteiger partial charge in [-0.2, -0.15) is 0 Å². The molecule has 110 valence electrons. The molecule has 0 saturated heterocycles. The van der Waals surface area contributed by atoms with Gasteiger partial charge in [0.2, 0.25) is 0 Å². The number of nitrogens with zero attached hydrogens (tertiary/aromatic N) is 2. The van der Waals surface area contributed by atoms with Crippen molar-refractivity contribution in [2.75, 3.05) is 20.4 Å². The number of sulfonamides is 1. The zero-order valence-corrected chi connectivity index (χ0v) is 13.3. The first-order valence-electron chi connectivity index (χ1n) is 5.63. The molecule has 0 aromatic heterocycles. The van der Waals surface area contributed by atoms with Crippen LogP contribution in [-0.2, 0) is 10.0 Å². The van der Waals surface area contributed by atoms with Gasteiger partial charge in [-0.15, -0.1) is 0 Å². The summed E-state index contributed by atoms with van der Waals surface area (Å²) in [4.78, 5) is 24.1. The standard InChI is InChI=1S/C12H16N2O4S2/c1-9-5-7-10(8-6-9)20(17,18)14(3)11(15)13(2)12(16)19-4/h5-8H,1-4H3. The zero-order valence-electron chi connectivity index (χ0n) is 11.7. The molecule has 1 rings (SSSR count). The summed E-state index contributed by atoms with van der Waals surface area (Å²) in [6, 6.07) is 5.23. The van der Waals surface area contributed by atoms with Gasteiger partial charge in [0.15, 0.2) is 0 Å². The quantitative estimate of drug-likeness (QED) is 0.835. The number of urea groups is 1. The summed E-state index contributed by atoms with van der Waals surface area (Å²) >= 11 is 0.832. The lowest BCUT2D eigenvalue weighted by molar-refractivity contribution is 0.196.